The molecule has 3 rings (SSSR count). The Balaban J connectivity index is 2.25. The van der Waals surface area contributed by atoms with Crippen molar-refractivity contribution in [2.45, 2.75) is 19.1 Å². The van der Waals surface area contributed by atoms with Gasteiger partial charge >= 0.3 is 0 Å². The number of methoxy groups -OCH3 is 1. The van der Waals surface area contributed by atoms with E-state index in [-0.39, 0.29) is 11.3 Å². The quantitative estimate of drug-likeness (QED) is 0.871. The van der Waals surface area contributed by atoms with Crippen LogP contribution in [-0.4, -0.2) is 18.4 Å². The molecule has 0 aromatic heterocycles. The predicted molar refractivity (Wildman–Crippen MR) is 89.6 cm³/mol. The molecule has 2 aromatic carbocycles. The second-order valence-corrected chi connectivity index (χ2v) is 5.90. The first-order chi connectivity index (χ1) is 11.5. The lowest BCUT2D eigenvalue weighted by Crippen LogP contribution is -2.32. The van der Waals surface area contributed by atoms with Crippen LogP contribution in [0.4, 0.5) is 8.78 Å². The molecule has 0 saturated heterocycles. The van der Waals surface area contributed by atoms with Gasteiger partial charge in [-0.05, 0) is 48.7 Å². The first kappa shape index (κ1) is 16.7. The van der Waals surface area contributed by atoms with Crippen molar-refractivity contribution in [2.75, 3.05) is 7.11 Å². The Kier molecular flexibility index (Phi) is 4.73. The van der Waals surface area contributed by atoms with Gasteiger partial charge in [0.1, 0.15) is 23.6 Å². The van der Waals surface area contributed by atoms with Crippen molar-refractivity contribution in [3.8, 4) is 5.75 Å². The summed E-state index contributed by atoms with van der Waals surface area (Å²) in [5.74, 6) is -0.826. The third-order valence-corrected chi connectivity index (χ3v) is 4.32. The SMILES string of the molecule is COc1ccc(Cl)c(C2=C(c3c(F)cccc3F)NC(O)CC2)c1. The maximum atomic E-state index is 14.2. The van der Waals surface area contributed by atoms with E-state index in [2.05, 4.69) is 5.32 Å². The van der Waals surface area contributed by atoms with E-state index in [1.165, 1.54) is 25.3 Å². The van der Waals surface area contributed by atoms with Crippen molar-refractivity contribution < 1.29 is 18.6 Å². The molecule has 126 valence electrons. The lowest BCUT2D eigenvalue weighted by molar-refractivity contribution is 0.145. The topological polar surface area (TPSA) is 41.5 Å². The monoisotopic (exact) mass is 351 g/mol. The lowest BCUT2D eigenvalue weighted by Gasteiger charge is -2.28. The molecule has 3 nitrogen and oxygen atoms in total. The third kappa shape index (κ3) is 3.09. The van der Waals surface area contributed by atoms with Gasteiger partial charge in [0.15, 0.2) is 0 Å². The van der Waals surface area contributed by atoms with Gasteiger partial charge in [0.2, 0.25) is 0 Å². The first-order valence-electron chi connectivity index (χ1n) is 7.47. The molecule has 2 N–H and O–H groups in total. The average molecular weight is 352 g/mol. The van der Waals surface area contributed by atoms with E-state index in [1.54, 1.807) is 18.2 Å². The second-order valence-electron chi connectivity index (χ2n) is 5.49. The van der Waals surface area contributed by atoms with Crippen molar-refractivity contribution >= 4 is 22.9 Å². The molecule has 24 heavy (non-hydrogen) atoms. The van der Waals surface area contributed by atoms with Crippen molar-refractivity contribution in [3.63, 3.8) is 0 Å². The van der Waals surface area contributed by atoms with Crippen LogP contribution in [0, 0.1) is 11.6 Å². The molecule has 6 heteroatoms. The standard InChI is InChI=1S/C18H16ClF2NO2/c1-24-10-5-7-13(19)12(9-10)11-6-8-16(23)22-18(11)17-14(20)3-2-4-15(17)21/h2-5,7,9,16,22-23H,6,8H2,1H3. The van der Waals surface area contributed by atoms with Gasteiger partial charge in [-0.3, -0.25) is 0 Å². The smallest absolute Gasteiger partial charge is 0.135 e. The highest BCUT2D eigenvalue weighted by Crippen LogP contribution is 2.38. The number of halogens is 3. The van der Waals surface area contributed by atoms with E-state index in [4.69, 9.17) is 16.3 Å². The summed E-state index contributed by atoms with van der Waals surface area (Å²) in [5, 5.41) is 13.1. The Hall–Kier alpha value is -2.11. The normalized spacial score (nSPS) is 17.6. The maximum absolute atomic E-state index is 14.2. The fourth-order valence-corrected chi connectivity index (χ4v) is 3.06. The number of benzene rings is 2. The van der Waals surface area contributed by atoms with Gasteiger partial charge in [0.25, 0.3) is 0 Å². The molecule has 0 saturated carbocycles. The number of hydrogen-bond donors (Lipinski definition) is 2. The Morgan fingerprint density at radius 1 is 1.21 bits per heavy atom. The summed E-state index contributed by atoms with van der Waals surface area (Å²) in [7, 11) is 1.53. The largest absolute Gasteiger partial charge is 0.497 e. The van der Waals surface area contributed by atoms with Gasteiger partial charge in [-0.15, -0.1) is 0 Å². The van der Waals surface area contributed by atoms with Crippen LogP contribution in [-0.2, 0) is 0 Å². The Morgan fingerprint density at radius 3 is 2.58 bits per heavy atom. The molecule has 1 aliphatic heterocycles. The molecule has 1 heterocycles. The molecule has 0 bridgehead atoms. The van der Waals surface area contributed by atoms with Gasteiger partial charge in [-0.2, -0.15) is 0 Å². The summed E-state index contributed by atoms with van der Waals surface area (Å²) in [4.78, 5) is 0. The summed E-state index contributed by atoms with van der Waals surface area (Å²) >= 11 is 6.29. The molecule has 1 aliphatic rings. The van der Waals surface area contributed by atoms with Gasteiger partial charge < -0.3 is 15.2 Å². The number of aliphatic hydroxyl groups excluding tert-OH is 1. The van der Waals surface area contributed by atoms with Crippen LogP contribution in [0.5, 0.6) is 5.75 Å². The van der Waals surface area contributed by atoms with E-state index in [9.17, 15) is 13.9 Å². The lowest BCUT2D eigenvalue weighted by atomic mass is 9.91. The van der Waals surface area contributed by atoms with Crippen molar-refractivity contribution in [1.29, 1.82) is 0 Å². The van der Waals surface area contributed by atoms with Crippen LogP contribution in [0.25, 0.3) is 11.3 Å². The summed E-state index contributed by atoms with van der Waals surface area (Å²) in [6.07, 6.45) is -0.0563. The van der Waals surface area contributed by atoms with Gasteiger partial charge in [0, 0.05) is 10.6 Å². The number of rotatable bonds is 3. The maximum Gasteiger partial charge on any atom is 0.135 e. The number of nitrogens with one attached hydrogen (secondary N) is 1. The molecular weight excluding hydrogens is 336 g/mol. The number of hydrogen-bond acceptors (Lipinski definition) is 3. The molecule has 0 radical (unpaired) electrons. The summed E-state index contributed by atoms with van der Waals surface area (Å²) in [5.41, 5.74) is 1.26. The summed E-state index contributed by atoms with van der Waals surface area (Å²) < 4.78 is 33.7. The van der Waals surface area contributed by atoms with Crippen LogP contribution in [0.2, 0.25) is 5.02 Å². The fraction of sp³-hybridized carbons (Fsp3) is 0.222. The molecule has 1 unspecified atom stereocenters. The minimum absolute atomic E-state index is 0.204. The predicted octanol–water partition coefficient (Wildman–Crippen LogP) is 4.20. The van der Waals surface area contributed by atoms with Crippen LogP contribution in [0.1, 0.15) is 24.0 Å². The Labute approximate surface area is 143 Å². The van der Waals surface area contributed by atoms with E-state index in [1.807, 2.05) is 0 Å². The highest BCUT2D eigenvalue weighted by Gasteiger charge is 2.26. The average Bonchev–Trinajstić information content (AvgIpc) is 2.56. The number of allylic oxidation sites excluding steroid dienone is 1. The zero-order chi connectivity index (χ0) is 17.3. The van der Waals surface area contributed by atoms with Crippen LogP contribution < -0.4 is 10.1 Å². The third-order valence-electron chi connectivity index (χ3n) is 3.99. The van der Waals surface area contributed by atoms with Crippen molar-refractivity contribution in [2.24, 2.45) is 0 Å². The summed E-state index contributed by atoms with van der Waals surface area (Å²) in [6.45, 7) is 0. The zero-order valence-electron chi connectivity index (χ0n) is 12.9. The molecule has 0 amide bonds. The number of ether oxygens (including phenoxy) is 1. The van der Waals surface area contributed by atoms with Crippen molar-refractivity contribution in [3.05, 3.63) is 64.2 Å². The second kappa shape index (κ2) is 6.79. The molecular formula is C18H16ClF2NO2. The van der Waals surface area contributed by atoms with E-state index < -0.39 is 17.9 Å². The molecule has 0 fully saturated rings. The van der Waals surface area contributed by atoms with Crippen LogP contribution in [0.15, 0.2) is 36.4 Å². The Morgan fingerprint density at radius 2 is 1.92 bits per heavy atom. The summed E-state index contributed by atoms with van der Waals surface area (Å²) in [6, 6.07) is 8.75. The molecule has 0 aliphatic carbocycles. The van der Waals surface area contributed by atoms with Gasteiger partial charge in [-0.25, -0.2) is 8.78 Å². The zero-order valence-corrected chi connectivity index (χ0v) is 13.7. The molecule has 2 aromatic rings. The van der Waals surface area contributed by atoms with Gasteiger partial charge in [-0.1, -0.05) is 17.7 Å². The van der Waals surface area contributed by atoms with Crippen LogP contribution >= 0.6 is 11.6 Å². The fourth-order valence-electron chi connectivity index (χ4n) is 2.82. The highest BCUT2D eigenvalue weighted by atomic mass is 35.5. The van der Waals surface area contributed by atoms with Gasteiger partial charge in [0.05, 0.1) is 18.4 Å². The molecule has 1 atom stereocenters. The highest BCUT2D eigenvalue weighted by molar-refractivity contribution is 6.32. The Bertz CT molecular complexity index is 787. The van der Waals surface area contributed by atoms with Crippen LogP contribution in [0.3, 0.4) is 0 Å². The van der Waals surface area contributed by atoms with E-state index >= 15 is 0 Å². The minimum atomic E-state index is -0.882. The van der Waals surface area contributed by atoms with E-state index in [0.29, 0.717) is 34.8 Å². The van der Waals surface area contributed by atoms with E-state index in [0.717, 1.165) is 0 Å². The minimum Gasteiger partial charge on any atom is -0.497 e. The van der Waals surface area contributed by atoms with Crippen molar-refractivity contribution in [1.82, 2.24) is 5.32 Å². The first-order valence-corrected chi connectivity index (χ1v) is 7.85. The molecule has 0 spiro atoms. The number of aliphatic hydroxyl groups is 1.